The summed E-state index contributed by atoms with van der Waals surface area (Å²) in [5.41, 5.74) is 3.43. The van der Waals surface area contributed by atoms with E-state index in [2.05, 4.69) is 18.3 Å². The molecule has 2 heterocycles. The molecular formula is C17H21N3O3. The molecule has 1 saturated heterocycles. The van der Waals surface area contributed by atoms with Crippen LogP contribution in [-0.4, -0.2) is 42.4 Å². The minimum absolute atomic E-state index is 0.0573. The molecule has 1 aromatic rings. The molecule has 1 aromatic carbocycles. The molecule has 1 N–H and O–H groups in total. The highest BCUT2D eigenvalue weighted by Gasteiger charge is 2.28. The number of imide groups is 1. The summed E-state index contributed by atoms with van der Waals surface area (Å²) in [5, 5.41) is 2.48. The van der Waals surface area contributed by atoms with Crippen LogP contribution in [0.4, 0.5) is 10.5 Å². The van der Waals surface area contributed by atoms with Crippen LogP contribution >= 0.6 is 0 Å². The fraction of sp³-hybridized carbons (Fsp3) is 0.471. The number of aryl methyl sites for hydroxylation is 2. The average Bonchev–Trinajstić information content (AvgIpc) is 2.85. The summed E-state index contributed by atoms with van der Waals surface area (Å²) in [6.07, 6.45) is 2.80. The number of nitrogens with zero attached hydrogens (tertiary/aromatic N) is 2. The fourth-order valence-electron chi connectivity index (χ4n) is 3.19. The molecule has 0 bridgehead atoms. The Labute approximate surface area is 135 Å². The number of hydrogen-bond donors (Lipinski definition) is 1. The van der Waals surface area contributed by atoms with Crippen molar-refractivity contribution in [3.63, 3.8) is 0 Å². The molecule has 2 aliphatic rings. The van der Waals surface area contributed by atoms with Gasteiger partial charge < -0.3 is 10.2 Å². The van der Waals surface area contributed by atoms with E-state index in [0.29, 0.717) is 19.4 Å². The Morgan fingerprint density at radius 2 is 2.13 bits per heavy atom. The molecule has 0 radical (unpaired) electrons. The van der Waals surface area contributed by atoms with E-state index in [-0.39, 0.29) is 24.4 Å². The van der Waals surface area contributed by atoms with Crippen molar-refractivity contribution in [2.45, 2.75) is 32.6 Å². The van der Waals surface area contributed by atoms with Gasteiger partial charge in [0.25, 0.3) is 0 Å². The van der Waals surface area contributed by atoms with Gasteiger partial charge in [0.1, 0.15) is 0 Å². The van der Waals surface area contributed by atoms with Crippen LogP contribution in [0.3, 0.4) is 0 Å². The van der Waals surface area contributed by atoms with Crippen LogP contribution in [0, 0.1) is 6.92 Å². The number of amides is 4. The Hall–Kier alpha value is -2.37. The summed E-state index contributed by atoms with van der Waals surface area (Å²) in [7, 11) is 0. The zero-order valence-corrected chi connectivity index (χ0v) is 13.3. The maximum Gasteiger partial charge on any atom is 0.324 e. The van der Waals surface area contributed by atoms with E-state index >= 15 is 0 Å². The molecular weight excluding hydrogens is 294 g/mol. The predicted molar refractivity (Wildman–Crippen MR) is 86.2 cm³/mol. The van der Waals surface area contributed by atoms with Gasteiger partial charge in [0.05, 0.1) is 6.54 Å². The number of anilines is 1. The number of hydrogen-bond acceptors (Lipinski definition) is 3. The van der Waals surface area contributed by atoms with Gasteiger partial charge in [-0.3, -0.25) is 14.5 Å². The molecule has 122 valence electrons. The van der Waals surface area contributed by atoms with Crippen LogP contribution < -0.4 is 10.2 Å². The van der Waals surface area contributed by atoms with Gasteiger partial charge in [0.15, 0.2) is 0 Å². The molecule has 4 amide bonds. The van der Waals surface area contributed by atoms with Crippen molar-refractivity contribution >= 4 is 23.5 Å². The van der Waals surface area contributed by atoms with Crippen molar-refractivity contribution in [3.05, 3.63) is 29.3 Å². The molecule has 0 unspecified atom stereocenters. The van der Waals surface area contributed by atoms with Crippen molar-refractivity contribution in [3.8, 4) is 0 Å². The molecule has 1 fully saturated rings. The van der Waals surface area contributed by atoms with Gasteiger partial charge in [-0.05, 0) is 37.8 Å². The van der Waals surface area contributed by atoms with Crippen molar-refractivity contribution in [1.29, 1.82) is 0 Å². The predicted octanol–water partition coefficient (Wildman–Crippen LogP) is 1.61. The zero-order valence-electron chi connectivity index (χ0n) is 13.3. The molecule has 0 aliphatic carbocycles. The van der Waals surface area contributed by atoms with Crippen molar-refractivity contribution in [2.75, 3.05) is 24.5 Å². The minimum Gasteiger partial charge on any atom is -0.329 e. The van der Waals surface area contributed by atoms with E-state index in [1.54, 1.807) is 0 Å². The monoisotopic (exact) mass is 315 g/mol. The summed E-state index contributed by atoms with van der Waals surface area (Å²) >= 11 is 0. The van der Waals surface area contributed by atoms with Crippen molar-refractivity contribution in [2.24, 2.45) is 0 Å². The second-order valence-electron chi connectivity index (χ2n) is 6.09. The van der Waals surface area contributed by atoms with Crippen LogP contribution in [0.5, 0.6) is 0 Å². The van der Waals surface area contributed by atoms with Crippen LogP contribution in [0.15, 0.2) is 18.2 Å². The van der Waals surface area contributed by atoms with Gasteiger partial charge in [0, 0.05) is 25.2 Å². The van der Waals surface area contributed by atoms with E-state index in [1.165, 1.54) is 16.0 Å². The lowest BCUT2D eigenvalue weighted by Crippen LogP contribution is -2.36. The number of urea groups is 1. The highest BCUT2D eigenvalue weighted by atomic mass is 16.2. The molecule has 23 heavy (non-hydrogen) atoms. The average molecular weight is 315 g/mol. The molecule has 0 saturated carbocycles. The van der Waals surface area contributed by atoms with Gasteiger partial charge in [-0.25, -0.2) is 4.79 Å². The van der Waals surface area contributed by atoms with Crippen LogP contribution in [0.25, 0.3) is 0 Å². The van der Waals surface area contributed by atoms with E-state index in [0.717, 1.165) is 25.1 Å². The molecule has 6 nitrogen and oxygen atoms in total. The largest absolute Gasteiger partial charge is 0.329 e. The Balaban J connectivity index is 1.59. The number of carbonyl (C=O) groups is 3. The Morgan fingerprint density at radius 1 is 1.30 bits per heavy atom. The topological polar surface area (TPSA) is 69.7 Å². The third kappa shape index (κ3) is 3.21. The highest BCUT2D eigenvalue weighted by molar-refractivity contribution is 6.02. The summed E-state index contributed by atoms with van der Waals surface area (Å²) in [5.74, 6) is -0.164. The smallest absolute Gasteiger partial charge is 0.324 e. The Morgan fingerprint density at radius 3 is 2.87 bits per heavy atom. The molecule has 6 heteroatoms. The van der Waals surface area contributed by atoms with E-state index in [4.69, 9.17) is 0 Å². The first-order valence-corrected chi connectivity index (χ1v) is 8.04. The van der Waals surface area contributed by atoms with Gasteiger partial charge in [-0.15, -0.1) is 0 Å². The maximum atomic E-state index is 12.5. The quantitative estimate of drug-likeness (QED) is 0.858. The molecule has 2 aliphatic heterocycles. The molecule has 0 aromatic heterocycles. The lowest BCUT2D eigenvalue weighted by molar-refractivity contribution is -0.125. The van der Waals surface area contributed by atoms with E-state index < -0.39 is 0 Å². The first kappa shape index (κ1) is 15.5. The Kier molecular flexibility index (Phi) is 4.32. The fourth-order valence-corrected chi connectivity index (χ4v) is 3.19. The first-order chi connectivity index (χ1) is 11.1. The Bertz CT molecular complexity index is 640. The summed E-state index contributed by atoms with van der Waals surface area (Å²) in [6, 6.07) is 5.82. The number of benzene rings is 1. The normalized spacial score (nSPS) is 17.3. The number of rotatable bonds is 4. The molecule has 3 rings (SSSR count). The summed E-state index contributed by atoms with van der Waals surface area (Å²) in [4.78, 5) is 38.5. The number of carbonyl (C=O) groups excluding carboxylic acids is 3. The summed E-state index contributed by atoms with van der Waals surface area (Å²) < 4.78 is 0. The van der Waals surface area contributed by atoms with Crippen LogP contribution in [0.1, 0.15) is 30.4 Å². The van der Waals surface area contributed by atoms with E-state index in [1.807, 2.05) is 17.0 Å². The van der Waals surface area contributed by atoms with Crippen LogP contribution in [-0.2, 0) is 16.0 Å². The van der Waals surface area contributed by atoms with Gasteiger partial charge in [-0.2, -0.15) is 0 Å². The lowest BCUT2D eigenvalue weighted by Gasteiger charge is -2.30. The third-order valence-electron chi connectivity index (χ3n) is 4.36. The SMILES string of the molecule is Cc1ccc2c(c1)CCCN2C(=O)CCCN1C(=O)CNC1=O. The number of nitrogens with one attached hydrogen (secondary N) is 1. The van der Waals surface area contributed by atoms with Gasteiger partial charge in [0.2, 0.25) is 11.8 Å². The second-order valence-corrected chi connectivity index (χ2v) is 6.09. The lowest BCUT2D eigenvalue weighted by atomic mass is 9.99. The molecule has 0 atom stereocenters. The van der Waals surface area contributed by atoms with E-state index in [9.17, 15) is 14.4 Å². The minimum atomic E-state index is -0.360. The highest BCUT2D eigenvalue weighted by Crippen LogP contribution is 2.28. The van der Waals surface area contributed by atoms with Gasteiger partial charge in [-0.1, -0.05) is 17.7 Å². The van der Waals surface area contributed by atoms with Gasteiger partial charge >= 0.3 is 6.03 Å². The van der Waals surface area contributed by atoms with Crippen LogP contribution in [0.2, 0.25) is 0 Å². The number of fused-ring (bicyclic) bond motifs is 1. The third-order valence-corrected chi connectivity index (χ3v) is 4.36. The molecule has 0 spiro atoms. The standard InChI is InChI=1S/C17H21N3O3/c1-12-6-7-14-13(10-12)4-2-8-19(14)15(21)5-3-9-20-16(22)11-18-17(20)23/h6-7,10H,2-5,8-9,11H2,1H3,(H,18,23). The second kappa shape index (κ2) is 6.40. The maximum absolute atomic E-state index is 12.5. The first-order valence-electron chi connectivity index (χ1n) is 8.04. The zero-order chi connectivity index (χ0) is 16.4. The summed E-state index contributed by atoms with van der Waals surface area (Å²) in [6.45, 7) is 3.15. The van der Waals surface area contributed by atoms with Crippen molar-refractivity contribution in [1.82, 2.24) is 10.2 Å². The van der Waals surface area contributed by atoms with Crippen molar-refractivity contribution < 1.29 is 14.4 Å².